The lowest BCUT2D eigenvalue weighted by molar-refractivity contribution is 0.384. The first kappa shape index (κ1) is 59.7. The van der Waals surface area contributed by atoms with E-state index in [0.717, 1.165) is 51.6 Å². The van der Waals surface area contributed by atoms with E-state index in [-0.39, 0.29) is 27.1 Å². The largest absolute Gasteiger partial charge is 0.311 e. The fourth-order valence-electron chi connectivity index (χ4n) is 14.6. The van der Waals surface area contributed by atoms with Crippen molar-refractivity contribution in [3.63, 3.8) is 0 Å². The molecule has 0 fully saturated rings. The zero-order valence-corrected chi connectivity index (χ0v) is 55.0. The van der Waals surface area contributed by atoms with Crippen LogP contribution in [0.15, 0.2) is 188 Å². The van der Waals surface area contributed by atoms with Crippen LogP contribution in [0.25, 0.3) is 33.3 Å². The number of rotatable bonds is 18. The zero-order chi connectivity index (χ0) is 61.0. The molecule has 4 nitrogen and oxygen atoms in total. The highest BCUT2D eigenvalue weighted by atomic mass is 32.1. The topological polar surface area (TPSA) is 32.3 Å². The number of unbranched alkanes of at least 4 members (excludes halogenated alkanes) is 5. The highest BCUT2D eigenvalue weighted by molar-refractivity contribution is 7.00. The van der Waals surface area contributed by atoms with Crippen molar-refractivity contribution in [1.29, 1.82) is 0 Å². The molecule has 0 bridgehead atoms. The maximum absolute atomic E-state index is 4.89. The zero-order valence-electron chi connectivity index (χ0n) is 54.2. The predicted molar refractivity (Wildman–Crippen MR) is 373 cm³/mol. The van der Waals surface area contributed by atoms with Crippen molar-refractivity contribution >= 4 is 56.9 Å². The molecule has 0 aliphatic heterocycles. The minimum atomic E-state index is -0.252. The molecule has 0 N–H and O–H groups in total. The Morgan fingerprint density at radius 1 is 0.437 bits per heavy atom. The van der Waals surface area contributed by atoms with Crippen molar-refractivity contribution in [3.8, 4) is 22.3 Å². The van der Waals surface area contributed by atoms with Crippen molar-refractivity contribution in [2.75, 3.05) is 9.80 Å². The molecule has 5 heteroatoms. The lowest BCUT2D eigenvalue weighted by Crippen LogP contribution is -2.33. The second-order valence-corrected chi connectivity index (χ2v) is 29.1. The van der Waals surface area contributed by atoms with Crippen LogP contribution < -0.4 is 9.80 Å². The molecule has 0 saturated carbocycles. The fourth-order valence-corrected chi connectivity index (χ4v) is 15.2. The Labute approximate surface area is 525 Å². The van der Waals surface area contributed by atoms with E-state index in [9.17, 15) is 0 Å². The Morgan fingerprint density at radius 2 is 0.874 bits per heavy atom. The number of hydrogen-bond donors (Lipinski definition) is 0. The van der Waals surface area contributed by atoms with Crippen LogP contribution in [0.1, 0.15) is 195 Å². The van der Waals surface area contributed by atoms with Gasteiger partial charge in [-0.1, -0.05) is 236 Å². The van der Waals surface area contributed by atoms with Gasteiger partial charge in [-0.05, 0) is 201 Å². The summed E-state index contributed by atoms with van der Waals surface area (Å²) >= 11 is 1.33. The van der Waals surface area contributed by atoms with Gasteiger partial charge < -0.3 is 9.80 Å². The number of fused-ring (bicyclic) bond motifs is 4. The van der Waals surface area contributed by atoms with Gasteiger partial charge in [-0.15, -0.1) is 0 Å². The van der Waals surface area contributed by atoms with Crippen molar-refractivity contribution in [3.05, 3.63) is 249 Å². The molecular formula is C82H90N4S. The summed E-state index contributed by atoms with van der Waals surface area (Å²) in [6, 6.07) is 72.0. The van der Waals surface area contributed by atoms with Gasteiger partial charge in [0.05, 0.1) is 11.7 Å². The first-order valence-electron chi connectivity index (χ1n) is 32.4. The molecule has 444 valence electrons. The molecule has 10 aromatic rings. The van der Waals surface area contributed by atoms with Crippen LogP contribution >= 0.6 is 11.7 Å². The van der Waals surface area contributed by atoms with E-state index in [1.165, 1.54) is 136 Å². The van der Waals surface area contributed by atoms with Gasteiger partial charge in [0.1, 0.15) is 11.0 Å². The summed E-state index contributed by atoms with van der Waals surface area (Å²) < 4.78 is 9.63. The summed E-state index contributed by atoms with van der Waals surface area (Å²) in [6.07, 6.45) is 12.5. The van der Waals surface area contributed by atoms with Crippen molar-refractivity contribution in [2.45, 2.75) is 181 Å². The van der Waals surface area contributed by atoms with Gasteiger partial charge in [-0.3, -0.25) is 0 Å². The highest BCUT2D eigenvalue weighted by Crippen LogP contribution is 2.60. The summed E-state index contributed by atoms with van der Waals surface area (Å²) in [5.41, 5.74) is 29.1. The van der Waals surface area contributed by atoms with Crippen LogP contribution in [-0.4, -0.2) is 8.75 Å². The van der Waals surface area contributed by atoms with E-state index in [1.807, 2.05) is 0 Å². The van der Waals surface area contributed by atoms with Crippen LogP contribution in [0.2, 0.25) is 0 Å². The molecule has 0 spiro atoms. The van der Waals surface area contributed by atoms with Gasteiger partial charge in [-0.25, -0.2) is 0 Å². The number of anilines is 6. The molecule has 2 aliphatic rings. The van der Waals surface area contributed by atoms with Gasteiger partial charge in [0.2, 0.25) is 0 Å². The van der Waals surface area contributed by atoms with Gasteiger partial charge >= 0.3 is 0 Å². The maximum atomic E-state index is 4.89. The molecule has 12 rings (SSSR count). The first-order chi connectivity index (χ1) is 41.7. The van der Waals surface area contributed by atoms with Crippen LogP contribution in [0.5, 0.6) is 0 Å². The molecule has 0 radical (unpaired) electrons. The quantitative estimate of drug-likeness (QED) is 0.0802. The Bertz CT molecular complexity index is 4060. The summed E-state index contributed by atoms with van der Waals surface area (Å²) in [4.78, 5) is 4.79. The third kappa shape index (κ3) is 11.3. The summed E-state index contributed by atoms with van der Waals surface area (Å²) in [5, 5.41) is 0. The summed E-state index contributed by atoms with van der Waals surface area (Å²) in [5.74, 6) is 0. The first-order valence-corrected chi connectivity index (χ1v) is 33.1. The lowest BCUT2D eigenvalue weighted by Gasteiger charge is -2.41. The number of benzene rings is 9. The molecule has 0 amide bonds. The smallest absolute Gasteiger partial charge is 0.109 e. The monoisotopic (exact) mass is 1160 g/mol. The number of aryl methyl sites for hydroxylation is 2. The van der Waals surface area contributed by atoms with E-state index >= 15 is 0 Å². The molecule has 1 atom stereocenters. The molecule has 1 heterocycles. The van der Waals surface area contributed by atoms with Crippen molar-refractivity contribution in [2.24, 2.45) is 0 Å². The average Bonchev–Trinajstić information content (AvgIpc) is 1.58. The maximum Gasteiger partial charge on any atom is 0.109 e. The molecule has 87 heavy (non-hydrogen) atoms. The molecule has 9 aromatic carbocycles. The summed E-state index contributed by atoms with van der Waals surface area (Å²) in [6.45, 7) is 30.1. The third-order valence-electron chi connectivity index (χ3n) is 20.0. The van der Waals surface area contributed by atoms with Crippen LogP contribution in [0.3, 0.4) is 0 Å². The number of hydrogen-bond acceptors (Lipinski definition) is 5. The average molecular weight is 1160 g/mol. The Balaban J connectivity index is 0.867. The molecule has 1 aromatic heterocycles. The minimum Gasteiger partial charge on any atom is -0.311 e. The Hall–Kier alpha value is -7.60. The predicted octanol–water partition coefficient (Wildman–Crippen LogP) is 23.5. The van der Waals surface area contributed by atoms with E-state index in [1.54, 1.807) is 16.7 Å². The lowest BCUT2D eigenvalue weighted by atomic mass is 9.62. The number of nitrogens with zero attached hydrogens (tertiary/aromatic N) is 4. The standard InChI is InChI=1S/C82H90N4S/c1-14-15-16-17-18-19-52-82-53-20-21-71-72(51-49-70(75(71)82)69-48-35-62(54-74(69)82)81(12,13)73-50-24-56(3)76-77(73)84-87-83-76)80(10,11)61-33-46-68(47-34-61)86(67-44-31-60(32-45-67)79(7,8)9)65-40-27-58(28-41-65)57-25-38-64(39-26-57)85(63-36-22-55(2)23-37-63)66-42-29-59(30-43-66)78(4,5)6/h22-51,54H,14-21,52-53H2,1-13H3. The second-order valence-electron chi connectivity index (χ2n) is 28.6. The van der Waals surface area contributed by atoms with Crippen molar-refractivity contribution in [1.82, 2.24) is 8.75 Å². The summed E-state index contributed by atoms with van der Waals surface area (Å²) in [7, 11) is 0. The van der Waals surface area contributed by atoms with E-state index in [0.29, 0.717) is 0 Å². The van der Waals surface area contributed by atoms with Gasteiger partial charge in [0.25, 0.3) is 0 Å². The molecule has 2 aliphatic carbocycles. The fraction of sp³-hybridized carbons (Fsp3) is 0.341. The van der Waals surface area contributed by atoms with E-state index < -0.39 is 0 Å². The highest BCUT2D eigenvalue weighted by Gasteiger charge is 2.48. The molecular weight excluding hydrogens is 1070 g/mol. The van der Waals surface area contributed by atoms with Crippen LogP contribution in [0.4, 0.5) is 34.1 Å². The molecule has 1 unspecified atom stereocenters. The normalized spacial score (nSPS) is 15.0. The van der Waals surface area contributed by atoms with Gasteiger partial charge in [0.15, 0.2) is 0 Å². The van der Waals surface area contributed by atoms with E-state index in [4.69, 9.17) is 8.75 Å². The Kier molecular flexibility index (Phi) is 16.1. The minimum absolute atomic E-state index is 0.0138. The van der Waals surface area contributed by atoms with Crippen LogP contribution in [0, 0.1) is 13.8 Å². The van der Waals surface area contributed by atoms with E-state index in [2.05, 4.69) is 288 Å². The third-order valence-corrected chi connectivity index (χ3v) is 20.5. The van der Waals surface area contributed by atoms with Gasteiger partial charge in [0, 0.05) is 50.4 Å². The Morgan fingerprint density at radius 3 is 1.40 bits per heavy atom. The number of aromatic nitrogens is 2. The van der Waals surface area contributed by atoms with Crippen LogP contribution in [-0.2, 0) is 33.5 Å². The SMILES string of the molecule is CCCCCCCCC12CCCc3c(C(C)(C)c4ccc(N(c5ccc(-c6ccc(N(c7ccc(C)cc7)c7ccc(C(C)(C)C)cc7)cc6)cc5)c5ccc(C(C)(C)C)cc5)cc4)ccc(c31)-c1ccc(C(C)(C)c3ccc(C)c4nsnc34)cc12. The molecule has 0 saturated heterocycles. The second kappa shape index (κ2) is 23.5. The van der Waals surface area contributed by atoms with Crippen molar-refractivity contribution < 1.29 is 0 Å². The van der Waals surface area contributed by atoms with Gasteiger partial charge in [-0.2, -0.15) is 8.75 Å².